The molecular formula is C10H16N2O. The lowest BCUT2D eigenvalue weighted by Crippen LogP contribution is -2.26. The van der Waals surface area contributed by atoms with Gasteiger partial charge in [0.1, 0.15) is 5.82 Å². The number of nitrogens with two attached hydrogens (primary N) is 1. The van der Waals surface area contributed by atoms with Crippen LogP contribution in [0.15, 0.2) is 18.3 Å². The molecule has 1 heterocycles. The van der Waals surface area contributed by atoms with Crippen LogP contribution in [0.2, 0.25) is 0 Å². The van der Waals surface area contributed by atoms with Gasteiger partial charge in [-0.1, -0.05) is 13.0 Å². The van der Waals surface area contributed by atoms with Crippen molar-refractivity contribution >= 4 is 5.82 Å². The SMILES string of the molecule is CCC(C)(O)Cc1cccnc1N. The van der Waals surface area contributed by atoms with Crippen molar-refractivity contribution in [1.82, 2.24) is 4.98 Å². The smallest absolute Gasteiger partial charge is 0.126 e. The Labute approximate surface area is 78.6 Å². The molecule has 0 aliphatic rings. The number of anilines is 1. The lowest BCUT2D eigenvalue weighted by Gasteiger charge is -2.21. The molecule has 1 rings (SSSR count). The van der Waals surface area contributed by atoms with Crippen LogP contribution in [0.3, 0.4) is 0 Å². The van der Waals surface area contributed by atoms with Crippen molar-refractivity contribution in [3.8, 4) is 0 Å². The normalized spacial score (nSPS) is 15.3. The molecule has 3 N–H and O–H groups in total. The maximum atomic E-state index is 9.82. The van der Waals surface area contributed by atoms with Crippen molar-refractivity contribution in [2.45, 2.75) is 32.3 Å². The van der Waals surface area contributed by atoms with Gasteiger partial charge in [-0.2, -0.15) is 0 Å². The Balaban J connectivity index is 2.80. The number of aliphatic hydroxyl groups is 1. The van der Waals surface area contributed by atoms with Gasteiger partial charge in [-0.05, 0) is 25.0 Å². The Morgan fingerprint density at radius 2 is 2.31 bits per heavy atom. The van der Waals surface area contributed by atoms with Crippen molar-refractivity contribution in [3.63, 3.8) is 0 Å². The number of rotatable bonds is 3. The van der Waals surface area contributed by atoms with Crippen LogP contribution in [0.5, 0.6) is 0 Å². The number of hydrogen-bond donors (Lipinski definition) is 2. The van der Waals surface area contributed by atoms with E-state index in [1.807, 2.05) is 19.1 Å². The zero-order chi connectivity index (χ0) is 9.90. The molecule has 0 radical (unpaired) electrons. The predicted molar refractivity (Wildman–Crippen MR) is 53.3 cm³/mol. The summed E-state index contributed by atoms with van der Waals surface area (Å²) in [4.78, 5) is 3.96. The van der Waals surface area contributed by atoms with E-state index in [4.69, 9.17) is 5.73 Å². The molecule has 0 saturated carbocycles. The van der Waals surface area contributed by atoms with Crippen LogP contribution in [0.4, 0.5) is 5.82 Å². The number of aromatic nitrogens is 1. The van der Waals surface area contributed by atoms with Gasteiger partial charge in [0.25, 0.3) is 0 Å². The van der Waals surface area contributed by atoms with Crippen molar-refractivity contribution in [2.75, 3.05) is 5.73 Å². The molecule has 0 aliphatic carbocycles. The molecule has 1 unspecified atom stereocenters. The van der Waals surface area contributed by atoms with E-state index < -0.39 is 5.60 Å². The molecular weight excluding hydrogens is 164 g/mol. The minimum atomic E-state index is -0.683. The Bertz CT molecular complexity index is 284. The molecule has 3 nitrogen and oxygen atoms in total. The van der Waals surface area contributed by atoms with Gasteiger partial charge in [0, 0.05) is 12.6 Å². The third kappa shape index (κ3) is 2.70. The maximum absolute atomic E-state index is 9.82. The zero-order valence-corrected chi connectivity index (χ0v) is 8.12. The number of nitrogens with zero attached hydrogens (tertiary/aromatic N) is 1. The largest absolute Gasteiger partial charge is 0.390 e. The van der Waals surface area contributed by atoms with Crippen molar-refractivity contribution in [2.24, 2.45) is 0 Å². The fourth-order valence-corrected chi connectivity index (χ4v) is 1.14. The third-order valence-electron chi connectivity index (χ3n) is 2.26. The van der Waals surface area contributed by atoms with Crippen molar-refractivity contribution < 1.29 is 5.11 Å². The van der Waals surface area contributed by atoms with Gasteiger partial charge in [0.05, 0.1) is 5.60 Å². The van der Waals surface area contributed by atoms with E-state index in [-0.39, 0.29) is 0 Å². The van der Waals surface area contributed by atoms with Crippen LogP contribution in [0, 0.1) is 0 Å². The van der Waals surface area contributed by atoms with Crippen LogP contribution in [-0.4, -0.2) is 15.7 Å². The van der Waals surface area contributed by atoms with Crippen LogP contribution in [0.1, 0.15) is 25.8 Å². The monoisotopic (exact) mass is 180 g/mol. The topological polar surface area (TPSA) is 59.1 Å². The lowest BCUT2D eigenvalue weighted by atomic mass is 9.94. The Morgan fingerprint density at radius 1 is 1.62 bits per heavy atom. The van der Waals surface area contributed by atoms with E-state index in [2.05, 4.69) is 4.98 Å². The standard InChI is InChI=1S/C10H16N2O/c1-3-10(2,13)7-8-5-4-6-12-9(8)11/h4-6,13H,3,7H2,1-2H3,(H2,11,12). The number of pyridine rings is 1. The maximum Gasteiger partial charge on any atom is 0.126 e. The first-order chi connectivity index (χ1) is 6.05. The fourth-order valence-electron chi connectivity index (χ4n) is 1.14. The molecule has 0 fully saturated rings. The van der Waals surface area contributed by atoms with Gasteiger partial charge in [-0.3, -0.25) is 0 Å². The van der Waals surface area contributed by atoms with E-state index >= 15 is 0 Å². The fraction of sp³-hybridized carbons (Fsp3) is 0.500. The second-order valence-corrected chi connectivity index (χ2v) is 3.58. The van der Waals surface area contributed by atoms with Crippen molar-refractivity contribution in [3.05, 3.63) is 23.9 Å². The van der Waals surface area contributed by atoms with Gasteiger partial charge >= 0.3 is 0 Å². The summed E-state index contributed by atoms with van der Waals surface area (Å²) >= 11 is 0. The first kappa shape index (κ1) is 9.99. The molecule has 0 amide bonds. The van der Waals surface area contributed by atoms with Gasteiger partial charge in [0.2, 0.25) is 0 Å². The molecule has 0 aliphatic heterocycles. The Kier molecular flexibility index (Phi) is 2.88. The molecule has 0 spiro atoms. The zero-order valence-electron chi connectivity index (χ0n) is 8.12. The van der Waals surface area contributed by atoms with E-state index in [1.54, 1.807) is 13.1 Å². The molecule has 0 aromatic carbocycles. The third-order valence-corrected chi connectivity index (χ3v) is 2.26. The number of nitrogen functional groups attached to an aromatic ring is 1. The quantitative estimate of drug-likeness (QED) is 0.738. The molecule has 0 saturated heterocycles. The lowest BCUT2D eigenvalue weighted by molar-refractivity contribution is 0.0565. The van der Waals surface area contributed by atoms with E-state index in [0.29, 0.717) is 18.7 Å². The van der Waals surface area contributed by atoms with Crippen LogP contribution in [0.25, 0.3) is 0 Å². The summed E-state index contributed by atoms with van der Waals surface area (Å²) < 4.78 is 0. The van der Waals surface area contributed by atoms with Gasteiger partial charge < -0.3 is 10.8 Å². The highest BCUT2D eigenvalue weighted by Gasteiger charge is 2.19. The summed E-state index contributed by atoms with van der Waals surface area (Å²) in [7, 11) is 0. The molecule has 1 atom stereocenters. The Hall–Kier alpha value is -1.09. The van der Waals surface area contributed by atoms with Crippen LogP contribution in [-0.2, 0) is 6.42 Å². The summed E-state index contributed by atoms with van der Waals surface area (Å²) in [5, 5.41) is 9.82. The molecule has 3 heteroatoms. The average Bonchev–Trinajstić information content (AvgIpc) is 2.09. The highest BCUT2D eigenvalue weighted by Crippen LogP contribution is 2.19. The molecule has 1 aromatic heterocycles. The molecule has 1 aromatic rings. The minimum Gasteiger partial charge on any atom is -0.390 e. The van der Waals surface area contributed by atoms with E-state index in [9.17, 15) is 5.11 Å². The van der Waals surface area contributed by atoms with E-state index in [1.165, 1.54) is 0 Å². The number of hydrogen-bond acceptors (Lipinski definition) is 3. The van der Waals surface area contributed by atoms with Crippen LogP contribution >= 0.6 is 0 Å². The van der Waals surface area contributed by atoms with Gasteiger partial charge in [-0.15, -0.1) is 0 Å². The van der Waals surface area contributed by atoms with E-state index in [0.717, 1.165) is 5.56 Å². The Morgan fingerprint density at radius 3 is 2.85 bits per heavy atom. The van der Waals surface area contributed by atoms with Gasteiger partial charge in [-0.25, -0.2) is 4.98 Å². The highest BCUT2D eigenvalue weighted by atomic mass is 16.3. The average molecular weight is 180 g/mol. The first-order valence-electron chi connectivity index (χ1n) is 4.47. The molecule has 13 heavy (non-hydrogen) atoms. The highest BCUT2D eigenvalue weighted by molar-refractivity contribution is 5.39. The minimum absolute atomic E-state index is 0.510. The first-order valence-corrected chi connectivity index (χ1v) is 4.47. The van der Waals surface area contributed by atoms with Crippen molar-refractivity contribution in [1.29, 1.82) is 0 Å². The second kappa shape index (κ2) is 3.75. The predicted octanol–water partition coefficient (Wildman–Crippen LogP) is 1.37. The molecule has 0 bridgehead atoms. The summed E-state index contributed by atoms with van der Waals surface area (Å²) in [6.07, 6.45) is 2.92. The summed E-state index contributed by atoms with van der Waals surface area (Å²) in [6, 6.07) is 3.73. The molecule has 72 valence electrons. The summed E-state index contributed by atoms with van der Waals surface area (Å²) in [5.74, 6) is 0.510. The van der Waals surface area contributed by atoms with Gasteiger partial charge in [0.15, 0.2) is 0 Å². The van der Waals surface area contributed by atoms with Crippen LogP contribution < -0.4 is 5.73 Å². The summed E-state index contributed by atoms with van der Waals surface area (Å²) in [6.45, 7) is 3.76. The second-order valence-electron chi connectivity index (χ2n) is 3.58. The summed E-state index contributed by atoms with van der Waals surface area (Å²) in [5.41, 5.74) is 5.89.